The van der Waals surface area contributed by atoms with E-state index in [2.05, 4.69) is 112 Å². The molecule has 6 unspecified atom stereocenters. The molecule has 0 amide bonds. The molecular weight excluding hydrogens is 1140 g/mol. The largest absolute Gasteiger partial charge is 0.474 e. The molecule has 0 rings (SSSR count). The van der Waals surface area contributed by atoms with Crippen LogP contribution in [0.3, 0.4) is 0 Å². The van der Waals surface area contributed by atoms with E-state index in [4.69, 9.17) is 85.1 Å². The number of hydrogen-bond donors (Lipinski definition) is 0. The highest BCUT2D eigenvalue weighted by Crippen LogP contribution is 2.51. The second kappa shape index (κ2) is 29.0. The van der Waals surface area contributed by atoms with E-state index in [9.17, 15) is 9.13 Å². The van der Waals surface area contributed by atoms with Gasteiger partial charge in [0.25, 0.3) is 0 Å². The van der Waals surface area contributed by atoms with E-state index in [0.717, 1.165) is 0 Å². The molecule has 0 aromatic carbocycles. The van der Waals surface area contributed by atoms with Crippen LogP contribution in [0.25, 0.3) is 0 Å². The lowest BCUT2D eigenvalue weighted by Gasteiger charge is -2.21. The Bertz CT molecular complexity index is 627. The van der Waals surface area contributed by atoms with Gasteiger partial charge in [-0.25, -0.2) is 9.13 Å². The molecule has 244 valence electrons. The van der Waals surface area contributed by atoms with Gasteiger partial charge in [-0.05, 0) is 19.3 Å². The van der Waals surface area contributed by atoms with Gasteiger partial charge in [0.05, 0.1) is 57.9 Å². The zero-order valence-electron chi connectivity index (χ0n) is 20.6. The Labute approximate surface area is 320 Å². The third-order valence-electron chi connectivity index (χ3n) is 3.50. The Morgan fingerprint density at radius 2 is 0.850 bits per heavy atom. The summed E-state index contributed by atoms with van der Waals surface area (Å²) in [6.45, 7) is 0.788. The first-order valence-corrected chi connectivity index (χ1v) is 23.2. The molecule has 0 saturated carbocycles. The topological polar surface area (TPSA) is 89.5 Å². The first kappa shape index (κ1) is 47.1. The fourth-order valence-corrected chi connectivity index (χ4v) is 6.27. The highest BCUT2D eigenvalue weighted by atomic mass is 79.9. The summed E-state index contributed by atoms with van der Waals surface area (Å²) < 4.78 is 55.2. The summed E-state index contributed by atoms with van der Waals surface area (Å²) in [7, 11) is -7.29. The van der Waals surface area contributed by atoms with E-state index in [0.29, 0.717) is 29.9 Å². The monoisotopic (exact) mass is 1160 g/mol. The van der Waals surface area contributed by atoms with Gasteiger partial charge in [-0.3, -0.25) is 27.1 Å². The van der Waals surface area contributed by atoms with Gasteiger partial charge in [-0.1, -0.05) is 112 Å². The number of halogens is 12. The highest BCUT2D eigenvalue weighted by molar-refractivity contribution is 9.12. The molecule has 0 aliphatic heterocycles. The van der Waals surface area contributed by atoms with Crippen LogP contribution in [0.4, 0.5) is 0 Å². The fraction of sp³-hybridized carbons (Fsp3) is 1.00. The number of phosphoric acid groups is 2. The second-order valence-corrected chi connectivity index (χ2v) is 21.7. The third kappa shape index (κ3) is 30.4. The van der Waals surface area contributed by atoms with Crippen LogP contribution < -0.4 is 0 Å². The van der Waals surface area contributed by atoms with Crippen molar-refractivity contribution in [1.82, 2.24) is 0 Å². The Morgan fingerprint density at radius 1 is 0.550 bits per heavy atom. The number of phosphoric ester groups is 2. The predicted molar refractivity (Wildman–Crippen MR) is 194 cm³/mol. The Hall–Kier alpha value is 5.03. The predicted octanol–water partition coefficient (Wildman–Crippen LogP) is 11.5. The molecule has 0 bridgehead atoms. The molecule has 40 heavy (non-hydrogen) atoms. The van der Waals surface area contributed by atoms with E-state index >= 15 is 0 Å². The molecule has 0 N–H and O–H groups in total. The Balaban J connectivity index is 0. The van der Waals surface area contributed by atoms with Crippen LogP contribution in [0.2, 0.25) is 0 Å². The van der Waals surface area contributed by atoms with Crippen molar-refractivity contribution >= 4 is 185 Å². The molecule has 0 aliphatic rings. The van der Waals surface area contributed by atoms with Crippen LogP contribution in [-0.4, -0.2) is 84.1 Å². The average molecular weight is 1170 g/mol. The second-order valence-electron chi connectivity index (χ2n) is 7.08. The maximum atomic E-state index is 12.4. The molecule has 0 aromatic rings. The van der Waals surface area contributed by atoms with Crippen LogP contribution in [0.1, 0.15) is 19.3 Å². The van der Waals surface area contributed by atoms with Crippen LogP contribution in [-0.2, 0) is 36.3 Å². The molecule has 0 radical (unpaired) electrons. The van der Waals surface area contributed by atoms with Gasteiger partial charge in [0, 0.05) is 26.2 Å². The van der Waals surface area contributed by atoms with Crippen LogP contribution in [0.15, 0.2) is 0 Å². The summed E-state index contributed by atoms with van der Waals surface area (Å²) in [5, 5.41) is 0.842. The van der Waals surface area contributed by atoms with Gasteiger partial charge in [0.15, 0.2) is 0 Å². The van der Waals surface area contributed by atoms with Crippen molar-refractivity contribution in [1.29, 1.82) is 0 Å². The van der Waals surface area contributed by atoms with Crippen molar-refractivity contribution in [3.63, 3.8) is 0 Å². The van der Waals surface area contributed by atoms with E-state index in [1.54, 1.807) is 0 Å². The lowest BCUT2D eigenvalue weighted by molar-refractivity contribution is 0.113. The molecule has 0 aromatic heterocycles. The van der Waals surface area contributed by atoms with Crippen molar-refractivity contribution in [2.24, 2.45) is 0 Å². The molecule has 6 atom stereocenters. The Kier molecular flexibility index (Phi) is 34.2. The number of hydrogen-bond acceptors (Lipinski definition) is 8. The average Bonchev–Trinajstić information content (AvgIpc) is 2.88. The summed E-state index contributed by atoms with van der Waals surface area (Å²) in [6.07, 6.45) is 1.39. The maximum Gasteiger partial charge on any atom is 0.474 e. The van der Waals surface area contributed by atoms with Gasteiger partial charge in [0.1, 0.15) is 0 Å². The zero-order valence-corrected chi connectivity index (χ0v) is 37.3. The summed E-state index contributed by atoms with van der Waals surface area (Å²) in [5.41, 5.74) is 0. The molecule has 0 aliphatic carbocycles. The van der Waals surface area contributed by atoms with Crippen LogP contribution in [0, 0.1) is 0 Å². The quantitative estimate of drug-likeness (QED) is 0.0698. The standard InChI is InChI=1S/C9H15Br4Cl2O4P.C9H15Br3Cl3O4P/c10-1-7(12)4-17-20(16,18-5-8(13)2-11)19-6-9(15)3-14;10-7(13)1-4-17-20(16,18-5-2-8(11)14)19-6-3-9(12)15/h2*7-9H,1-6H2. The first-order chi connectivity index (χ1) is 18.6. The van der Waals surface area contributed by atoms with Crippen molar-refractivity contribution in [3.8, 4) is 0 Å². The van der Waals surface area contributed by atoms with Gasteiger partial charge in [-0.2, -0.15) is 0 Å². The van der Waals surface area contributed by atoms with E-state index in [1.807, 2.05) is 0 Å². The minimum absolute atomic E-state index is 0.00112. The molecular formula is C18H30Br7Cl5O8P2. The smallest absolute Gasteiger partial charge is 0.287 e. The van der Waals surface area contributed by atoms with E-state index in [-0.39, 0.29) is 68.0 Å². The summed E-state index contributed by atoms with van der Waals surface area (Å²) in [4.78, 5) is -0.00224. The van der Waals surface area contributed by atoms with E-state index < -0.39 is 21.0 Å². The first-order valence-electron chi connectivity index (χ1n) is 11.1. The Morgan fingerprint density at radius 3 is 1.12 bits per heavy atom. The molecule has 8 nitrogen and oxygen atoms in total. The molecule has 0 saturated heterocycles. The summed E-state index contributed by atoms with van der Waals surface area (Å²) in [6, 6.07) is 0. The molecule has 22 heteroatoms. The maximum absolute atomic E-state index is 12.4. The molecule has 0 spiro atoms. The van der Waals surface area contributed by atoms with Crippen LogP contribution >= 0.6 is 185 Å². The normalized spacial score (nSPS) is 19.3. The van der Waals surface area contributed by atoms with Crippen molar-refractivity contribution < 1.29 is 36.3 Å². The number of rotatable bonds is 24. The summed E-state index contributed by atoms with van der Waals surface area (Å²) in [5.74, 6) is 0.187. The van der Waals surface area contributed by atoms with Gasteiger partial charge in [-0.15, -0.1) is 58.0 Å². The van der Waals surface area contributed by atoms with Gasteiger partial charge < -0.3 is 0 Å². The molecule has 0 heterocycles. The van der Waals surface area contributed by atoms with Gasteiger partial charge in [0.2, 0.25) is 0 Å². The SMILES string of the molecule is O=P(OCC(Cl)CCl)(OCC(Br)CBr)OCC(Br)CBr.O=P(OCCC(Cl)Br)(OCCC(Cl)Br)OCCC(Cl)Br. The molecule has 0 fully saturated rings. The summed E-state index contributed by atoms with van der Waals surface area (Å²) >= 11 is 51.3. The lowest BCUT2D eigenvalue weighted by atomic mass is 10.5. The van der Waals surface area contributed by atoms with E-state index in [1.165, 1.54) is 0 Å². The highest BCUT2D eigenvalue weighted by Gasteiger charge is 2.30. The van der Waals surface area contributed by atoms with Crippen molar-refractivity contribution in [3.05, 3.63) is 0 Å². The minimum Gasteiger partial charge on any atom is -0.287 e. The zero-order chi connectivity index (χ0) is 31.2. The van der Waals surface area contributed by atoms with Gasteiger partial charge >= 0.3 is 15.6 Å². The van der Waals surface area contributed by atoms with Crippen molar-refractivity contribution in [2.75, 3.05) is 56.2 Å². The minimum atomic E-state index is -3.67. The fourth-order valence-electron chi connectivity index (χ4n) is 1.63. The third-order valence-corrected chi connectivity index (χ3v) is 13.7. The van der Waals surface area contributed by atoms with Crippen molar-refractivity contribution in [2.45, 2.75) is 47.2 Å². The number of alkyl halides is 12. The van der Waals surface area contributed by atoms with Crippen LogP contribution in [0.5, 0.6) is 0 Å². The lowest BCUT2D eigenvalue weighted by Crippen LogP contribution is -2.17.